The second-order valence-electron chi connectivity index (χ2n) is 7.16. The van der Waals surface area contributed by atoms with Gasteiger partial charge in [0.25, 0.3) is 0 Å². The van der Waals surface area contributed by atoms with Gasteiger partial charge in [0.05, 0.1) is 25.0 Å². The Bertz CT molecular complexity index is 899. The van der Waals surface area contributed by atoms with Crippen LogP contribution in [0.5, 0.6) is 0 Å². The molecular weight excluding hydrogens is 485 g/mol. The van der Waals surface area contributed by atoms with E-state index in [0.717, 1.165) is 22.0 Å². The summed E-state index contributed by atoms with van der Waals surface area (Å²) in [6, 6.07) is 10.2. The fourth-order valence-electron chi connectivity index (χ4n) is 2.39. The number of halogens is 1. The summed E-state index contributed by atoms with van der Waals surface area (Å²) in [4.78, 5) is 13.2. The van der Waals surface area contributed by atoms with Crippen LogP contribution in [0.3, 0.4) is 0 Å². The maximum Gasteiger partial charge on any atom is 0.213 e. The van der Waals surface area contributed by atoms with Gasteiger partial charge in [-0.3, -0.25) is 4.99 Å². The number of guanidine groups is 1. The lowest BCUT2D eigenvalue weighted by atomic mass is 9.94. The highest BCUT2D eigenvalue weighted by molar-refractivity contribution is 14.0. The highest BCUT2D eigenvalue weighted by Crippen LogP contribution is 2.23. The van der Waals surface area contributed by atoms with Crippen LogP contribution in [0.4, 0.5) is 0 Å². The molecule has 0 amide bonds. The molecule has 0 unspecified atom stereocenters. The van der Waals surface area contributed by atoms with Gasteiger partial charge < -0.3 is 15.1 Å². The Morgan fingerprint density at radius 1 is 1.14 bits per heavy atom. The molecule has 28 heavy (non-hydrogen) atoms. The van der Waals surface area contributed by atoms with Crippen LogP contribution in [0.1, 0.15) is 38.1 Å². The minimum absolute atomic E-state index is 0. The third-order valence-corrected chi connectivity index (χ3v) is 4.87. The van der Waals surface area contributed by atoms with Crippen LogP contribution in [-0.4, -0.2) is 23.0 Å². The van der Waals surface area contributed by atoms with Gasteiger partial charge in [-0.05, 0) is 0 Å². The summed E-state index contributed by atoms with van der Waals surface area (Å²) in [5.41, 5.74) is 2.06. The molecule has 150 valence electrons. The molecule has 0 atom stereocenters. The van der Waals surface area contributed by atoms with E-state index in [2.05, 4.69) is 63.9 Å². The largest absolute Gasteiger partial charge is 0.443 e. The van der Waals surface area contributed by atoms with Crippen LogP contribution >= 0.6 is 35.3 Å². The van der Waals surface area contributed by atoms with E-state index in [9.17, 15) is 0 Å². The predicted molar refractivity (Wildman–Crippen MR) is 125 cm³/mol. The molecule has 0 bridgehead atoms. The van der Waals surface area contributed by atoms with Gasteiger partial charge >= 0.3 is 0 Å². The molecule has 0 fully saturated rings. The topological polar surface area (TPSA) is 75.3 Å². The molecule has 6 nitrogen and oxygen atoms in total. The van der Waals surface area contributed by atoms with E-state index >= 15 is 0 Å². The van der Waals surface area contributed by atoms with Crippen LogP contribution in [0.25, 0.3) is 10.6 Å². The minimum atomic E-state index is -0.0494. The van der Waals surface area contributed by atoms with Crippen LogP contribution in [0, 0.1) is 0 Å². The number of hydrogen-bond donors (Lipinski definition) is 2. The zero-order valence-corrected chi connectivity index (χ0v) is 19.7. The highest BCUT2D eigenvalue weighted by Gasteiger charge is 2.19. The number of rotatable bonds is 5. The third kappa shape index (κ3) is 6.03. The molecular formula is C20H26IN5OS. The van der Waals surface area contributed by atoms with E-state index in [-0.39, 0.29) is 29.4 Å². The lowest BCUT2D eigenvalue weighted by Gasteiger charge is -2.13. The molecule has 2 heterocycles. The molecule has 0 saturated carbocycles. The van der Waals surface area contributed by atoms with Crippen LogP contribution in [0.2, 0.25) is 0 Å². The first kappa shape index (κ1) is 22.4. The number of oxazole rings is 1. The van der Waals surface area contributed by atoms with E-state index in [0.29, 0.717) is 24.9 Å². The van der Waals surface area contributed by atoms with Crippen molar-refractivity contribution < 1.29 is 4.42 Å². The summed E-state index contributed by atoms with van der Waals surface area (Å²) >= 11 is 1.64. The average Bonchev–Trinajstić information content (AvgIpc) is 3.32. The molecule has 0 aliphatic carbocycles. The van der Waals surface area contributed by atoms with Gasteiger partial charge in [0.15, 0.2) is 5.96 Å². The second kappa shape index (κ2) is 10.0. The Hall–Kier alpha value is -1.94. The molecule has 0 aliphatic heterocycles. The van der Waals surface area contributed by atoms with Gasteiger partial charge in [-0.25, -0.2) is 9.97 Å². The standard InChI is InChI=1S/C20H25N5OS.HI/c1-20(2,3)16-11-22-17(26-16)12-24-19(21-4)23-10-15-13-27-18(25-15)14-8-6-5-7-9-14;/h5-9,11,13H,10,12H2,1-4H3,(H2,21,23,24);1H. The van der Waals surface area contributed by atoms with E-state index in [4.69, 9.17) is 4.42 Å². The minimum Gasteiger partial charge on any atom is -0.443 e. The lowest BCUT2D eigenvalue weighted by molar-refractivity contribution is 0.379. The summed E-state index contributed by atoms with van der Waals surface area (Å²) in [6.07, 6.45) is 1.79. The van der Waals surface area contributed by atoms with Gasteiger partial charge in [0, 0.05) is 23.4 Å². The Labute approximate surface area is 186 Å². The van der Waals surface area contributed by atoms with Crippen molar-refractivity contribution >= 4 is 41.3 Å². The SMILES string of the molecule is CN=C(NCc1csc(-c2ccccc2)n1)NCc1ncc(C(C)(C)C)o1.I. The monoisotopic (exact) mass is 511 g/mol. The van der Waals surface area contributed by atoms with Crippen molar-refractivity contribution in [2.45, 2.75) is 39.3 Å². The van der Waals surface area contributed by atoms with Crippen molar-refractivity contribution in [2.75, 3.05) is 7.05 Å². The summed E-state index contributed by atoms with van der Waals surface area (Å²) in [6.45, 7) is 7.37. The van der Waals surface area contributed by atoms with Crippen molar-refractivity contribution in [3.63, 3.8) is 0 Å². The summed E-state index contributed by atoms with van der Waals surface area (Å²) in [7, 11) is 1.74. The molecule has 0 saturated heterocycles. The van der Waals surface area contributed by atoms with E-state index in [1.54, 1.807) is 24.6 Å². The number of hydrogen-bond acceptors (Lipinski definition) is 5. The van der Waals surface area contributed by atoms with Gasteiger partial charge in [-0.2, -0.15) is 0 Å². The Balaban J connectivity index is 0.00000280. The number of nitrogens with zero attached hydrogens (tertiary/aromatic N) is 3. The number of benzene rings is 1. The molecule has 0 radical (unpaired) electrons. The first-order valence-corrected chi connectivity index (χ1v) is 9.73. The van der Waals surface area contributed by atoms with Crippen molar-refractivity contribution in [3.05, 3.63) is 59.3 Å². The van der Waals surface area contributed by atoms with Crippen LogP contribution in [-0.2, 0) is 18.5 Å². The first-order chi connectivity index (χ1) is 13.0. The Kier molecular flexibility index (Phi) is 7.99. The second-order valence-corrected chi connectivity index (χ2v) is 8.02. The van der Waals surface area contributed by atoms with Gasteiger partial charge in [-0.1, -0.05) is 51.1 Å². The fraction of sp³-hybridized carbons (Fsp3) is 0.350. The van der Waals surface area contributed by atoms with Crippen molar-refractivity contribution in [2.24, 2.45) is 4.99 Å². The Morgan fingerprint density at radius 2 is 1.86 bits per heavy atom. The molecule has 3 aromatic rings. The predicted octanol–water partition coefficient (Wildman–Crippen LogP) is 4.58. The summed E-state index contributed by atoms with van der Waals surface area (Å²) in [5.74, 6) is 2.20. The van der Waals surface area contributed by atoms with Gasteiger partial charge in [0.2, 0.25) is 5.89 Å². The van der Waals surface area contributed by atoms with Gasteiger partial charge in [0.1, 0.15) is 10.8 Å². The molecule has 0 spiro atoms. The number of aromatic nitrogens is 2. The average molecular weight is 511 g/mol. The highest BCUT2D eigenvalue weighted by atomic mass is 127. The summed E-state index contributed by atoms with van der Waals surface area (Å²) in [5, 5.41) is 9.57. The first-order valence-electron chi connectivity index (χ1n) is 8.85. The van der Waals surface area contributed by atoms with Crippen molar-refractivity contribution in [1.29, 1.82) is 0 Å². The third-order valence-electron chi connectivity index (χ3n) is 3.93. The molecule has 3 rings (SSSR count). The number of nitrogens with one attached hydrogen (secondary N) is 2. The lowest BCUT2D eigenvalue weighted by Crippen LogP contribution is -2.36. The molecule has 2 N–H and O–H groups in total. The molecule has 8 heteroatoms. The zero-order valence-electron chi connectivity index (χ0n) is 16.5. The van der Waals surface area contributed by atoms with E-state index in [1.165, 1.54) is 0 Å². The zero-order chi connectivity index (χ0) is 19.3. The summed E-state index contributed by atoms with van der Waals surface area (Å²) < 4.78 is 5.79. The molecule has 2 aromatic heterocycles. The fourth-order valence-corrected chi connectivity index (χ4v) is 3.22. The van der Waals surface area contributed by atoms with Crippen LogP contribution < -0.4 is 10.6 Å². The Morgan fingerprint density at radius 3 is 2.50 bits per heavy atom. The van der Waals surface area contributed by atoms with E-state index in [1.807, 2.05) is 18.2 Å². The van der Waals surface area contributed by atoms with Crippen molar-refractivity contribution in [3.8, 4) is 10.6 Å². The number of thiazole rings is 1. The maximum absolute atomic E-state index is 5.79. The van der Waals surface area contributed by atoms with Gasteiger partial charge in [-0.15, -0.1) is 35.3 Å². The normalized spacial score (nSPS) is 11.8. The molecule has 1 aromatic carbocycles. The maximum atomic E-state index is 5.79. The quantitative estimate of drug-likeness (QED) is 0.298. The smallest absolute Gasteiger partial charge is 0.213 e. The van der Waals surface area contributed by atoms with E-state index < -0.39 is 0 Å². The molecule has 0 aliphatic rings. The van der Waals surface area contributed by atoms with Crippen molar-refractivity contribution in [1.82, 2.24) is 20.6 Å². The number of aliphatic imine (C=N–C) groups is 1. The van der Waals surface area contributed by atoms with Crippen LogP contribution in [0.15, 0.2) is 51.3 Å².